The minimum atomic E-state index is 0.769. The Bertz CT molecular complexity index is 207. The lowest BCUT2D eigenvalue weighted by Gasteiger charge is -2.44. The van der Waals surface area contributed by atoms with E-state index in [1.54, 1.807) is 25.7 Å². The smallest absolute Gasteiger partial charge is 0.0269 e. The van der Waals surface area contributed by atoms with Gasteiger partial charge in [0.2, 0.25) is 0 Å². The molecule has 2 aliphatic carbocycles. The molecule has 2 rings (SSSR count). The SMILES string of the molecule is CCCC1(C2CCCCC(C)C2)CCCCC1. The summed E-state index contributed by atoms with van der Waals surface area (Å²) in [5, 5.41) is 0. The molecule has 0 nitrogen and oxygen atoms in total. The van der Waals surface area contributed by atoms with E-state index < -0.39 is 0 Å². The van der Waals surface area contributed by atoms with Crippen LogP contribution in [0.5, 0.6) is 0 Å². The second kappa shape index (κ2) is 6.25. The summed E-state index contributed by atoms with van der Waals surface area (Å²) >= 11 is 0. The molecule has 2 unspecified atom stereocenters. The summed E-state index contributed by atoms with van der Waals surface area (Å²) in [7, 11) is 0. The summed E-state index contributed by atoms with van der Waals surface area (Å²) in [5.41, 5.74) is 0.769. The van der Waals surface area contributed by atoms with E-state index in [2.05, 4.69) is 13.8 Å². The van der Waals surface area contributed by atoms with E-state index in [0.29, 0.717) is 0 Å². The van der Waals surface area contributed by atoms with Crippen molar-refractivity contribution < 1.29 is 0 Å². The van der Waals surface area contributed by atoms with Crippen LogP contribution in [0.15, 0.2) is 0 Å². The molecule has 0 amide bonds. The Morgan fingerprint density at radius 3 is 2.35 bits per heavy atom. The molecule has 2 saturated carbocycles. The van der Waals surface area contributed by atoms with E-state index in [4.69, 9.17) is 0 Å². The molecule has 0 heterocycles. The summed E-state index contributed by atoms with van der Waals surface area (Å²) in [6.45, 7) is 4.90. The second-order valence-electron chi connectivity index (χ2n) is 7.00. The predicted octanol–water partition coefficient (Wildman–Crippen LogP) is 5.95. The Morgan fingerprint density at radius 2 is 1.65 bits per heavy atom. The van der Waals surface area contributed by atoms with E-state index in [0.717, 1.165) is 17.3 Å². The summed E-state index contributed by atoms with van der Waals surface area (Å²) in [6, 6.07) is 0. The van der Waals surface area contributed by atoms with Gasteiger partial charge in [-0.3, -0.25) is 0 Å². The van der Waals surface area contributed by atoms with Crippen LogP contribution in [-0.2, 0) is 0 Å². The molecule has 2 atom stereocenters. The Morgan fingerprint density at radius 1 is 0.941 bits per heavy atom. The maximum Gasteiger partial charge on any atom is -0.0269 e. The number of hydrogen-bond acceptors (Lipinski definition) is 0. The number of rotatable bonds is 3. The van der Waals surface area contributed by atoms with Crippen molar-refractivity contribution in [1.29, 1.82) is 0 Å². The summed E-state index contributed by atoms with van der Waals surface area (Å²) < 4.78 is 0. The molecule has 0 spiro atoms. The molecule has 0 aromatic rings. The topological polar surface area (TPSA) is 0 Å². The number of hydrogen-bond donors (Lipinski definition) is 0. The van der Waals surface area contributed by atoms with Crippen molar-refractivity contribution in [3.8, 4) is 0 Å². The van der Waals surface area contributed by atoms with Gasteiger partial charge in [-0.15, -0.1) is 0 Å². The van der Waals surface area contributed by atoms with Gasteiger partial charge in [0.25, 0.3) is 0 Å². The van der Waals surface area contributed by atoms with Gasteiger partial charge in [-0.25, -0.2) is 0 Å². The Kier molecular flexibility index (Phi) is 4.94. The fourth-order valence-corrected chi connectivity index (χ4v) is 4.78. The van der Waals surface area contributed by atoms with Crippen LogP contribution in [-0.4, -0.2) is 0 Å². The zero-order chi connectivity index (χ0) is 12.1. The van der Waals surface area contributed by atoms with Crippen LogP contribution in [0.3, 0.4) is 0 Å². The zero-order valence-electron chi connectivity index (χ0n) is 12.1. The summed E-state index contributed by atoms with van der Waals surface area (Å²) in [4.78, 5) is 0. The average molecular weight is 236 g/mol. The van der Waals surface area contributed by atoms with Crippen LogP contribution in [0.1, 0.15) is 90.9 Å². The molecule has 0 heteroatoms. The van der Waals surface area contributed by atoms with Gasteiger partial charge in [-0.2, -0.15) is 0 Å². The molecule has 0 saturated heterocycles. The normalized spacial score (nSPS) is 34.2. The molecule has 0 N–H and O–H groups in total. The van der Waals surface area contributed by atoms with Crippen LogP contribution in [0.4, 0.5) is 0 Å². The first kappa shape index (κ1) is 13.4. The van der Waals surface area contributed by atoms with Crippen molar-refractivity contribution in [1.82, 2.24) is 0 Å². The highest BCUT2D eigenvalue weighted by Crippen LogP contribution is 2.51. The summed E-state index contributed by atoms with van der Waals surface area (Å²) in [6.07, 6.45) is 18.2. The average Bonchev–Trinajstić information content (AvgIpc) is 2.56. The molecule has 17 heavy (non-hydrogen) atoms. The van der Waals surface area contributed by atoms with Crippen LogP contribution in [0.25, 0.3) is 0 Å². The Labute approximate surface area is 109 Å². The van der Waals surface area contributed by atoms with E-state index >= 15 is 0 Å². The van der Waals surface area contributed by atoms with E-state index in [-0.39, 0.29) is 0 Å². The molecule has 100 valence electrons. The third-order valence-electron chi connectivity index (χ3n) is 5.65. The van der Waals surface area contributed by atoms with Gasteiger partial charge < -0.3 is 0 Å². The highest BCUT2D eigenvalue weighted by atomic mass is 14.4. The van der Waals surface area contributed by atoms with Gasteiger partial charge in [0.1, 0.15) is 0 Å². The molecule has 0 aromatic carbocycles. The lowest BCUT2D eigenvalue weighted by atomic mass is 9.61. The van der Waals surface area contributed by atoms with Crippen molar-refractivity contribution >= 4 is 0 Å². The van der Waals surface area contributed by atoms with Crippen LogP contribution in [0, 0.1) is 17.3 Å². The van der Waals surface area contributed by atoms with Gasteiger partial charge in [0.05, 0.1) is 0 Å². The Balaban J connectivity index is 2.07. The van der Waals surface area contributed by atoms with Crippen molar-refractivity contribution in [2.75, 3.05) is 0 Å². The van der Waals surface area contributed by atoms with Gasteiger partial charge in [-0.1, -0.05) is 58.8 Å². The van der Waals surface area contributed by atoms with Crippen LogP contribution in [0.2, 0.25) is 0 Å². The molecular formula is C17H32. The van der Waals surface area contributed by atoms with Crippen molar-refractivity contribution in [3.05, 3.63) is 0 Å². The molecule has 2 aliphatic rings. The predicted molar refractivity (Wildman–Crippen MR) is 76.2 cm³/mol. The first-order chi connectivity index (χ1) is 8.27. The summed E-state index contributed by atoms with van der Waals surface area (Å²) in [5.74, 6) is 2.07. The molecule has 0 radical (unpaired) electrons. The van der Waals surface area contributed by atoms with E-state index in [9.17, 15) is 0 Å². The van der Waals surface area contributed by atoms with E-state index in [1.165, 1.54) is 51.4 Å². The van der Waals surface area contributed by atoms with E-state index in [1.807, 2.05) is 0 Å². The fourth-order valence-electron chi connectivity index (χ4n) is 4.78. The monoisotopic (exact) mass is 236 g/mol. The first-order valence-corrected chi connectivity index (χ1v) is 8.27. The first-order valence-electron chi connectivity index (χ1n) is 8.27. The maximum atomic E-state index is 2.50. The lowest BCUT2D eigenvalue weighted by molar-refractivity contribution is 0.0646. The lowest BCUT2D eigenvalue weighted by Crippen LogP contribution is -2.33. The minimum Gasteiger partial charge on any atom is -0.0654 e. The van der Waals surface area contributed by atoms with Crippen molar-refractivity contribution in [3.63, 3.8) is 0 Å². The third kappa shape index (κ3) is 3.26. The highest BCUT2D eigenvalue weighted by molar-refractivity contribution is 4.90. The molecular weight excluding hydrogens is 204 g/mol. The van der Waals surface area contributed by atoms with Gasteiger partial charge in [-0.05, 0) is 49.4 Å². The standard InChI is InChI=1S/C17H32/c1-3-11-17(12-7-4-8-13-17)16-10-6-5-9-15(2)14-16/h15-16H,3-14H2,1-2H3. The minimum absolute atomic E-state index is 0.769. The molecule has 0 bridgehead atoms. The second-order valence-corrected chi connectivity index (χ2v) is 7.00. The van der Waals surface area contributed by atoms with Crippen LogP contribution >= 0.6 is 0 Å². The molecule has 0 aromatic heterocycles. The molecule has 0 aliphatic heterocycles. The quantitative estimate of drug-likeness (QED) is 0.531. The van der Waals surface area contributed by atoms with Gasteiger partial charge >= 0.3 is 0 Å². The fraction of sp³-hybridized carbons (Fsp3) is 1.00. The zero-order valence-corrected chi connectivity index (χ0v) is 12.1. The van der Waals surface area contributed by atoms with Gasteiger partial charge in [0.15, 0.2) is 0 Å². The highest BCUT2D eigenvalue weighted by Gasteiger charge is 2.39. The largest absolute Gasteiger partial charge is 0.0654 e. The van der Waals surface area contributed by atoms with Crippen molar-refractivity contribution in [2.24, 2.45) is 17.3 Å². The van der Waals surface area contributed by atoms with Gasteiger partial charge in [0, 0.05) is 0 Å². The van der Waals surface area contributed by atoms with Crippen LogP contribution < -0.4 is 0 Å². The Hall–Kier alpha value is 0. The maximum absolute atomic E-state index is 2.50. The third-order valence-corrected chi connectivity index (χ3v) is 5.65. The van der Waals surface area contributed by atoms with Crippen molar-refractivity contribution in [2.45, 2.75) is 90.9 Å². The molecule has 2 fully saturated rings.